The number of rotatable bonds is 5. The number of aliphatic imine (C=N–C) groups is 1. The van der Waals surface area contributed by atoms with Crippen molar-refractivity contribution in [3.05, 3.63) is 71.8 Å². The minimum atomic E-state index is -0.0763. The van der Waals surface area contributed by atoms with Crippen LogP contribution in [0.25, 0.3) is 0 Å². The molecule has 2 aromatic carbocycles. The quantitative estimate of drug-likeness (QED) is 0.799. The molecule has 0 radical (unpaired) electrons. The first-order chi connectivity index (χ1) is 8.88. The fourth-order valence-corrected chi connectivity index (χ4v) is 1.78. The molecule has 0 bridgehead atoms. The van der Waals surface area contributed by atoms with Gasteiger partial charge in [0.2, 0.25) is 0 Å². The van der Waals surface area contributed by atoms with Crippen LogP contribution in [-0.4, -0.2) is 24.0 Å². The van der Waals surface area contributed by atoms with E-state index in [1.807, 2.05) is 54.7 Å². The summed E-state index contributed by atoms with van der Waals surface area (Å²) in [7, 11) is 0. The third-order valence-corrected chi connectivity index (χ3v) is 2.76. The third kappa shape index (κ3) is 3.82. The van der Waals surface area contributed by atoms with Gasteiger partial charge in [-0.1, -0.05) is 60.7 Å². The molecule has 18 heavy (non-hydrogen) atoms. The lowest BCUT2D eigenvalue weighted by Crippen LogP contribution is -2.14. The van der Waals surface area contributed by atoms with Crippen molar-refractivity contribution in [3.8, 4) is 0 Å². The van der Waals surface area contributed by atoms with E-state index in [2.05, 4.69) is 17.1 Å². The van der Waals surface area contributed by atoms with Crippen molar-refractivity contribution in [3.63, 3.8) is 0 Å². The van der Waals surface area contributed by atoms with Gasteiger partial charge in [0.25, 0.3) is 0 Å². The van der Waals surface area contributed by atoms with Crippen molar-refractivity contribution in [1.82, 2.24) is 0 Å². The van der Waals surface area contributed by atoms with Crippen molar-refractivity contribution in [1.29, 1.82) is 0 Å². The van der Waals surface area contributed by atoms with Crippen LogP contribution >= 0.6 is 0 Å². The Morgan fingerprint density at radius 2 is 1.56 bits per heavy atom. The van der Waals surface area contributed by atoms with Crippen LogP contribution in [0, 0.1) is 0 Å². The molecule has 0 saturated carbocycles. The first kappa shape index (κ1) is 12.5. The zero-order valence-corrected chi connectivity index (χ0v) is 10.2. The SMILES string of the molecule is OC[C@@H](Cc1ccccc1)N=Cc1ccccc1. The highest BCUT2D eigenvalue weighted by molar-refractivity contribution is 5.79. The second kappa shape index (κ2) is 6.72. The fraction of sp³-hybridized carbons (Fsp3) is 0.188. The first-order valence-electron chi connectivity index (χ1n) is 6.11. The Morgan fingerprint density at radius 3 is 2.17 bits per heavy atom. The van der Waals surface area contributed by atoms with E-state index in [9.17, 15) is 5.11 Å². The van der Waals surface area contributed by atoms with Gasteiger partial charge in [-0.2, -0.15) is 0 Å². The third-order valence-electron chi connectivity index (χ3n) is 2.76. The number of nitrogens with zero attached hydrogens (tertiary/aromatic N) is 1. The summed E-state index contributed by atoms with van der Waals surface area (Å²) in [4.78, 5) is 4.43. The summed E-state index contributed by atoms with van der Waals surface area (Å²) in [5.74, 6) is 0. The summed E-state index contributed by atoms with van der Waals surface area (Å²) < 4.78 is 0. The molecular formula is C16H17NO. The van der Waals surface area contributed by atoms with Crippen LogP contribution < -0.4 is 0 Å². The standard InChI is InChI=1S/C16H17NO/c18-13-16(11-14-7-3-1-4-8-14)17-12-15-9-5-2-6-10-15/h1-10,12,16,18H,11,13H2/t16-/m1/s1. The van der Waals surface area contributed by atoms with Crippen LogP contribution in [0.5, 0.6) is 0 Å². The Kier molecular flexibility index (Phi) is 4.68. The number of benzene rings is 2. The average molecular weight is 239 g/mol. The van der Waals surface area contributed by atoms with E-state index >= 15 is 0 Å². The van der Waals surface area contributed by atoms with Gasteiger partial charge in [0.15, 0.2) is 0 Å². The molecule has 92 valence electrons. The predicted molar refractivity (Wildman–Crippen MR) is 75.1 cm³/mol. The van der Waals surface area contributed by atoms with Gasteiger partial charge in [0.1, 0.15) is 0 Å². The van der Waals surface area contributed by atoms with Crippen molar-refractivity contribution < 1.29 is 5.11 Å². The Bertz CT molecular complexity index is 479. The summed E-state index contributed by atoms with van der Waals surface area (Å²) in [5, 5.41) is 9.35. The summed E-state index contributed by atoms with van der Waals surface area (Å²) in [6.07, 6.45) is 2.59. The fourth-order valence-electron chi connectivity index (χ4n) is 1.78. The second-order valence-electron chi connectivity index (χ2n) is 4.21. The van der Waals surface area contributed by atoms with Crippen LogP contribution in [0.4, 0.5) is 0 Å². The van der Waals surface area contributed by atoms with Gasteiger partial charge < -0.3 is 5.11 Å². The molecule has 2 aromatic rings. The number of hydrogen-bond donors (Lipinski definition) is 1. The van der Waals surface area contributed by atoms with Gasteiger partial charge in [-0.25, -0.2) is 0 Å². The summed E-state index contributed by atoms with van der Waals surface area (Å²) in [6.45, 7) is 0.0677. The van der Waals surface area contributed by atoms with Gasteiger partial charge in [-0.05, 0) is 17.5 Å². The normalized spacial score (nSPS) is 12.7. The largest absolute Gasteiger partial charge is 0.394 e. The highest BCUT2D eigenvalue weighted by Crippen LogP contribution is 2.06. The smallest absolute Gasteiger partial charge is 0.0770 e. The van der Waals surface area contributed by atoms with Gasteiger partial charge >= 0.3 is 0 Å². The summed E-state index contributed by atoms with van der Waals surface area (Å²) in [6, 6.07) is 20.0. The molecule has 1 N–H and O–H groups in total. The van der Waals surface area contributed by atoms with Crippen molar-refractivity contribution in [2.45, 2.75) is 12.5 Å². The number of aliphatic hydroxyl groups is 1. The highest BCUT2D eigenvalue weighted by Gasteiger charge is 2.05. The number of aliphatic hydroxyl groups excluding tert-OH is 1. The Hall–Kier alpha value is -1.93. The van der Waals surface area contributed by atoms with E-state index in [1.54, 1.807) is 0 Å². The lowest BCUT2D eigenvalue weighted by atomic mass is 10.1. The van der Waals surface area contributed by atoms with Gasteiger partial charge in [-0.3, -0.25) is 4.99 Å². The van der Waals surface area contributed by atoms with Crippen LogP contribution in [0.2, 0.25) is 0 Å². The molecule has 0 aliphatic heterocycles. The molecule has 0 amide bonds. The molecule has 2 rings (SSSR count). The molecule has 2 heteroatoms. The average Bonchev–Trinajstić information content (AvgIpc) is 2.45. The maximum Gasteiger partial charge on any atom is 0.0770 e. The van der Waals surface area contributed by atoms with E-state index in [0.29, 0.717) is 0 Å². The predicted octanol–water partition coefficient (Wildman–Crippen LogP) is 2.71. The number of hydrogen-bond acceptors (Lipinski definition) is 2. The molecule has 0 saturated heterocycles. The Balaban J connectivity index is 2.00. The van der Waals surface area contributed by atoms with Crippen molar-refractivity contribution >= 4 is 6.21 Å². The molecule has 0 aliphatic rings. The van der Waals surface area contributed by atoms with Crippen LogP contribution in [-0.2, 0) is 6.42 Å². The maximum atomic E-state index is 9.35. The van der Waals surface area contributed by atoms with E-state index in [-0.39, 0.29) is 12.6 Å². The molecular weight excluding hydrogens is 222 g/mol. The topological polar surface area (TPSA) is 32.6 Å². The van der Waals surface area contributed by atoms with Gasteiger partial charge in [0.05, 0.1) is 12.6 Å². The van der Waals surface area contributed by atoms with Crippen LogP contribution in [0.15, 0.2) is 65.7 Å². The van der Waals surface area contributed by atoms with Crippen LogP contribution in [0.3, 0.4) is 0 Å². The van der Waals surface area contributed by atoms with E-state index < -0.39 is 0 Å². The zero-order valence-electron chi connectivity index (χ0n) is 10.2. The Morgan fingerprint density at radius 1 is 0.944 bits per heavy atom. The second-order valence-corrected chi connectivity index (χ2v) is 4.21. The van der Waals surface area contributed by atoms with Gasteiger partial charge in [-0.15, -0.1) is 0 Å². The lowest BCUT2D eigenvalue weighted by Gasteiger charge is -2.08. The summed E-state index contributed by atoms with van der Waals surface area (Å²) in [5.41, 5.74) is 2.26. The molecule has 0 unspecified atom stereocenters. The van der Waals surface area contributed by atoms with Crippen LogP contribution in [0.1, 0.15) is 11.1 Å². The molecule has 0 heterocycles. The minimum Gasteiger partial charge on any atom is -0.394 e. The molecule has 0 spiro atoms. The highest BCUT2D eigenvalue weighted by atomic mass is 16.3. The maximum absolute atomic E-state index is 9.35. The Labute approximate surface area is 108 Å². The molecule has 0 aliphatic carbocycles. The zero-order chi connectivity index (χ0) is 12.6. The monoisotopic (exact) mass is 239 g/mol. The molecule has 0 aromatic heterocycles. The molecule has 0 fully saturated rings. The summed E-state index contributed by atoms with van der Waals surface area (Å²) >= 11 is 0. The van der Waals surface area contributed by atoms with E-state index in [0.717, 1.165) is 12.0 Å². The van der Waals surface area contributed by atoms with Crippen molar-refractivity contribution in [2.75, 3.05) is 6.61 Å². The lowest BCUT2D eigenvalue weighted by molar-refractivity contribution is 0.266. The molecule has 1 atom stereocenters. The minimum absolute atomic E-state index is 0.0677. The molecule has 2 nitrogen and oxygen atoms in total. The van der Waals surface area contributed by atoms with E-state index in [4.69, 9.17) is 0 Å². The van der Waals surface area contributed by atoms with Crippen molar-refractivity contribution in [2.24, 2.45) is 4.99 Å². The first-order valence-corrected chi connectivity index (χ1v) is 6.11. The van der Waals surface area contributed by atoms with E-state index in [1.165, 1.54) is 5.56 Å². The van der Waals surface area contributed by atoms with Gasteiger partial charge in [0, 0.05) is 6.21 Å².